The highest BCUT2D eigenvalue weighted by Crippen LogP contribution is 2.45. The molecule has 0 unspecified atom stereocenters. The van der Waals surface area contributed by atoms with Gasteiger partial charge in [0.1, 0.15) is 0 Å². The van der Waals surface area contributed by atoms with Gasteiger partial charge in [0.15, 0.2) is 0 Å². The maximum Gasteiger partial charge on any atom is 0.207 e. The van der Waals surface area contributed by atoms with E-state index in [1.807, 2.05) is 48.5 Å². The first-order chi connectivity index (χ1) is 30.7. The van der Waals surface area contributed by atoms with Crippen molar-refractivity contribution in [2.75, 3.05) is 19.6 Å². The maximum absolute atomic E-state index is 6.86. The van der Waals surface area contributed by atoms with Gasteiger partial charge >= 0.3 is 0 Å². The van der Waals surface area contributed by atoms with Crippen LogP contribution in [-0.2, 0) is 0 Å². The predicted octanol–water partition coefficient (Wildman–Crippen LogP) is 16.4. The van der Waals surface area contributed by atoms with Crippen LogP contribution in [-0.4, -0.2) is 0 Å². The molecule has 0 aliphatic carbocycles. The molecule has 10 aromatic rings. The molecule has 0 radical (unpaired) electrons. The van der Waals surface area contributed by atoms with Crippen LogP contribution in [0.5, 0.6) is 0 Å². The minimum absolute atomic E-state index is 0.703. The van der Waals surface area contributed by atoms with Crippen molar-refractivity contribution in [1.82, 2.24) is 0 Å². The molecule has 0 N–H and O–H groups in total. The summed E-state index contributed by atoms with van der Waals surface area (Å²) in [5.74, 6) is 2.81. The van der Waals surface area contributed by atoms with Crippen LogP contribution >= 0.6 is 0 Å². The Hall–Kier alpha value is -8.48. The van der Waals surface area contributed by atoms with Crippen molar-refractivity contribution in [3.63, 3.8) is 0 Å². The molecule has 62 heavy (non-hydrogen) atoms. The first-order valence-corrected chi connectivity index (χ1v) is 20.7. The second-order valence-electron chi connectivity index (χ2n) is 15.1. The monoisotopic (exact) mass is 800 g/mol. The van der Waals surface area contributed by atoms with Gasteiger partial charge in [-0.2, -0.15) is 0 Å². The molecule has 8 aromatic carbocycles. The molecule has 6 nitrogen and oxygen atoms in total. The third-order valence-electron chi connectivity index (χ3n) is 11.3. The van der Waals surface area contributed by atoms with Gasteiger partial charge in [0, 0.05) is 69.8 Å². The highest BCUT2D eigenvalue weighted by molar-refractivity contribution is 5.83. The molecule has 0 fully saturated rings. The Balaban J connectivity index is 1.07. The number of anilines is 12. The van der Waals surface area contributed by atoms with Crippen molar-refractivity contribution in [3.05, 3.63) is 243 Å². The van der Waals surface area contributed by atoms with Gasteiger partial charge < -0.3 is 8.83 Å². The van der Waals surface area contributed by atoms with Crippen LogP contribution in [0.3, 0.4) is 0 Å². The van der Waals surface area contributed by atoms with E-state index in [2.05, 4.69) is 214 Å². The van der Waals surface area contributed by atoms with E-state index in [9.17, 15) is 0 Å². The van der Waals surface area contributed by atoms with E-state index in [0.717, 1.165) is 67.8 Å². The van der Waals surface area contributed by atoms with Gasteiger partial charge in [0.25, 0.3) is 0 Å². The third-order valence-corrected chi connectivity index (χ3v) is 11.3. The maximum atomic E-state index is 6.86. The Morgan fingerprint density at radius 2 is 0.355 bits per heavy atom. The molecule has 7 aliphatic heterocycles. The van der Waals surface area contributed by atoms with Crippen molar-refractivity contribution in [1.29, 1.82) is 0 Å². The third kappa shape index (κ3) is 6.95. The molecule has 0 atom stereocenters. The number of hydrogen-bond donors (Lipinski definition) is 0. The van der Waals surface area contributed by atoms with E-state index in [4.69, 9.17) is 8.83 Å². The van der Waals surface area contributed by atoms with E-state index in [-0.39, 0.29) is 0 Å². The van der Waals surface area contributed by atoms with Gasteiger partial charge in [-0.15, -0.1) is 0 Å². The van der Waals surface area contributed by atoms with Crippen LogP contribution in [0.15, 0.2) is 251 Å². The van der Waals surface area contributed by atoms with Gasteiger partial charge in [0.05, 0.1) is 0 Å². The quantitative estimate of drug-likeness (QED) is 0.177. The molecule has 6 heteroatoms. The van der Waals surface area contributed by atoms with E-state index < -0.39 is 0 Å². The molecule has 296 valence electrons. The lowest BCUT2D eigenvalue weighted by Gasteiger charge is -2.25. The summed E-state index contributed by atoms with van der Waals surface area (Å²) in [4.78, 5) is 8.63. The summed E-state index contributed by atoms with van der Waals surface area (Å²) >= 11 is 0. The van der Waals surface area contributed by atoms with E-state index in [1.54, 1.807) is 0 Å². The summed E-state index contributed by atoms with van der Waals surface area (Å²) in [6.45, 7) is 0. The molecule has 17 rings (SSSR count). The van der Waals surface area contributed by atoms with Crippen LogP contribution in [0.1, 0.15) is 0 Å². The summed E-state index contributed by atoms with van der Waals surface area (Å²) < 4.78 is 13.7. The van der Waals surface area contributed by atoms with Crippen molar-refractivity contribution in [3.8, 4) is 22.3 Å². The number of rotatable bonds is 4. The molecule has 0 saturated carbocycles. The average Bonchev–Trinajstić information content (AvgIpc) is 4.02. The summed E-state index contributed by atoms with van der Waals surface area (Å²) in [6.07, 6.45) is 0. The minimum Gasteiger partial charge on any atom is -0.424 e. The fourth-order valence-electron chi connectivity index (χ4n) is 8.25. The van der Waals surface area contributed by atoms with Gasteiger partial charge in [-0.05, 0) is 119 Å². The Morgan fingerprint density at radius 3 is 0.548 bits per heavy atom. The lowest BCUT2D eigenvalue weighted by Crippen LogP contribution is -2.10. The van der Waals surface area contributed by atoms with Gasteiger partial charge in [0.2, 0.25) is 23.5 Å². The minimum atomic E-state index is 0.703. The molecule has 9 heterocycles. The fraction of sp³-hybridized carbons (Fsp3) is 0. The SMILES string of the molecule is c1ccc(N2c3ccc(cc3)-c3ccc(cc3)N(c3ccccc3)c3ccc(o3)N(c3ccccc3)c3ccc(cc3)-c3ccc(cc3)N(c3ccccc3)c3ccc2o3)cc1. The van der Waals surface area contributed by atoms with Crippen molar-refractivity contribution >= 4 is 69.0 Å². The topological polar surface area (TPSA) is 39.2 Å². The van der Waals surface area contributed by atoms with Crippen LogP contribution in [0.2, 0.25) is 0 Å². The molecule has 7 aliphatic rings. The van der Waals surface area contributed by atoms with E-state index >= 15 is 0 Å². The predicted molar refractivity (Wildman–Crippen MR) is 254 cm³/mol. The zero-order valence-corrected chi connectivity index (χ0v) is 33.7. The summed E-state index contributed by atoms with van der Waals surface area (Å²) in [7, 11) is 0. The number of para-hydroxylation sites is 4. The number of furan rings is 2. The van der Waals surface area contributed by atoms with Crippen LogP contribution in [0.25, 0.3) is 22.3 Å². The van der Waals surface area contributed by atoms with Gasteiger partial charge in [-0.25, -0.2) is 0 Å². The highest BCUT2D eigenvalue weighted by atomic mass is 16.4. The zero-order chi connectivity index (χ0) is 41.2. The normalized spacial score (nSPS) is 12.4. The fourth-order valence-corrected chi connectivity index (χ4v) is 8.25. The first kappa shape index (κ1) is 36.6. The first-order valence-electron chi connectivity index (χ1n) is 20.7. The molecule has 0 saturated heterocycles. The Labute approximate surface area is 361 Å². The zero-order valence-electron chi connectivity index (χ0n) is 33.7. The number of nitrogens with zero attached hydrogens (tertiary/aromatic N) is 4. The van der Waals surface area contributed by atoms with E-state index in [0.29, 0.717) is 23.5 Å². The molecule has 0 amide bonds. The lowest BCUT2D eigenvalue weighted by atomic mass is 10.0. The van der Waals surface area contributed by atoms with Crippen LogP contribution < -0.4 is 19.6 Å². The van der Waals surface area contributed by atoms with Gasteiger partial charge in [-0.1, -0.05) is 121 Å². The Bertz CT molecular complexity index is 2620. The standard InChI is InChI=1S/C56H40N4O2/c1-5-13-45(14-6-1)57-49-29-21-41(22-30-49)42-23-33-51(34-24-42)59(47-17-9-3-10-18-47)55-39-40-56(62-55)60(48-19-11-4-12-20-48)52-35-27-44(28-36-52)43-25-31-50(32-26-43)58(46-15-7-2-8-16-46)54-38-37-53(57)61-54/h1-40H. The largest absolute Gasteiger partial charge is 0.424 e. The smallest absolute Gasteiger partial charge is 0.207 e. The molecule has 0 spiro atoms. The second-order valence-corrected chi connectivity index (χ2v) is 15.1. The Morgan fingerprint density at radius 1 is 0.177 bits per heavy atom. The van der Waals surface area contributed by atoms with Crippen molar-refractivity contribution in [2.24, 2.45) is 0 Å². The summed E-state index contributed by atoms with van der Waals surface area (Å²) in [6, 6.07) is 84.2. The van der Waals surface area contributed by atoms with Crippen molar-refractivity contribution < 1.29 is 8.83 Å². The molecular weight excluding hydrogens is 761 g/mol. The van der Waals surface area contributed by atoms with Gasteiger partial charge in [-0.3, -0.25) is 19.6 Å². The average molecular weight is 801 g/mol. The molecule has 12 bridgehead atoms. The lowest BCUT2D eigenvalue weighted by molar-refractivity contribution is 0.579. The highest BCUT2D eigenvalue weighted by Gasteiger charge is 2.23. The second kappa shape index (κ2) is 15.9. The summed E-state index contributed by atoms with van der Waals surface area (Å²) in [5, 5.41) is 0. The van der Waals surface area contributed by atoms with Crippen LogP contribution in [0, 0.1) is 0 Å². The number of hydrogen-bond acceptors (Lipinski definition) is 6. The van der Waals surface area contributed by atoms with Crippen molar-refractivity contribution in [2.45, 2.75) is 0 Å². The molecule has 2 aromatic heterocycles. The summed E-state index contributed by atoms with van der Waals surface area (Å²) in [5.41, 5.74) is 12.3. The Kier molecular flexibility index (Phi) is 9.41. The van der Waals surface area contributed by atoms with Crippen LogP contribution in [0.4, 0.5) is 69.0 Å². The molecular formula is C56H40N4O2. The number of benzene rings is 8. The van der Waals surface area contributed by atoms with E-state index in [1.165, 1.54) is 0 Å².